The van der Waals surface area contributed by atoms with Crippen LogP contribution in [-0.2, 0) is 0 Å². The lowest BCUT2D eigenvalue weighted by Crippen LogP contribution is -1.94. The first-order valence-electron chi connectivity index (χ1n) is 19.8. The Morgan fingerprint density at radius 3 is 1.00 bits per heavy atom. The van der Waals surface area contributed by atoms with Crippen LogP contribution in [0.5, 0.6) is 0 Å². The largest absolute Gasteiger partial charge is 0.456 e. The summed E-state index contributed by atoms with van der Waals surface area (Å²) in [5.74, 6) is 0. The Bertz CT molecular complexity index is 3510. The van der Waals surface area contributed by atoms with Gasteiger partial charge in [0, 0.05) is 54.5 Å². The minimum Gasteiger partial charge on any atom is -0.456 e. The van der Waals surface area contributed by atoms with E-state index in [1.54, 1.807) is 0 Å². The molecule has 4 nitrogen and oxygen atoms in total. The van der Waals surface area contributed by atoms with Crippen LogP contribution in [0.1, 0.15) is 0 Å². The van der Waals surface area contributed by atoms with Crippen LogP contribution in [-0.4, -0.2) is 9.13 Å². The summed E-state index contributed by atoms with van der Waals surface area (Å²) in [6.07, 6.45) is 0. The van der Waals surface area contributed by atoms with Crippen molar-refractivity contribution in [1.29, 1.82) is 0 Å². The lowest BCUT2D eigenvalue weighted by atomic mass is 10.00. The van der Waals surface area contributed by atoms with E-state index in [4.69, 9.17) is 8.83 Å². The molecule has 0 unspecified atom stereocenters. The molecule has 0 spiro atoms. The van der Waals surface area contributed by atoms with E-state index >= 15 is 0 Å². The fourth-order valence-corrected chi connectivity index (χ4v) is 9.57. The van der Waals surface area contributed by atoms with Crippen molar-refractivity contribution in [3.05, 3.63) is 194 Å². The van der Waals surface area contributed by atoms with Crippen LogP contribution in [0, 0.1) is 0 Å². The predicted molar refractivity (Wildman–Crippen MR) is 241 cm³/mol. The lowest BCUT2D eigenvalue weighted by Gasteiger charge is -2.11. The number of hydrogen-bond donors (Lipinski definition) is 0. The minimum atomic E-state index is 0.916. The van der Waals surface area contributed by atoms with E-state index in [0.29, 0.717) is 0 Å². The van der Waals surface area contributed by atoms with Crippen LogP contribution < -0.4 is 0 Å². The monoisotopic (exact) mass is 740 g/mol. The van der Waals surface area contributed by atoms with Crippen LogP contribution in [0.15, 0.2) is 203 Å². The Morgan fingerprint density at radius 1 is 0.241 bits per heavy atom. The van der Waals surface area contributed by atoms with Gasteiger partial charge in [0.15, 0.2) is 0 Å². The molecule has 13 aromatic rings. The maximum absolute atomic E-state index is 6.28. The number of furan rings is 2. The number of hydrogen-bond acceptors (Lipinski definition) is 2. The zero-order valence-corrected chi connectivity index (χ0v) is 31.2. The first-order valence-corrected chi connectivity index (χ1v) is 19.8. The Labute approximate surface area is 332 Å². The topological polar surface area (TPSA) is 36.1 Å². The molecule has 0 saturated heterocycles. The highest BCUT2D eigenvalue weighted by atomic mass is 16.3. The number of nitrogens with zero attached hydrogens (tertiary/aromatic N) is 2. The number of benzene rings is 9. The maximum atomic E-state index is 6.28. The van der Waals surface area contributed by atoms with E-state index in [-0.39, 0.29) is 0 Å². The fraction of sp³-hybridized carbons (Fsp3) is 0. The molecule has 4 heterocycles. The average molecular weight is 741 g/mol. The molecule has 0 bridgehead atoms. The first-order chi connectivity index (χ1) is 28.8. The fourth-order valence-electron chi connectivity index (χ4n) is 9.57. The predicted octanol–water partition coefficient (Wildman–Crippen LogP) is 15.0. The third kappa shape index (κ3) is 4.40. The van der Waals surface area contributed by atoms with E-state index in [1.807, 2.05) is 12.1 Å². The zero-order chi connectivity index (χ0) is 37.9. The smallest absolute Gasteiger partial charge is 0.136 e. The van der Waals surface area contributed by atoms with E-state index in [0.717, 1.165) is 44.5 Å². The molecular formula is C54H32N2O2. The molecule has 0 atom stereocenters. The van der Waals surface area contributed by atoms with Gasteiger partial charge in [-0.05, 0) is 95.1 Å². The highest BCUT2D eigenvalue weighted by Crippen LogP contribution is 2.43. The van der Waals surface area contributed by atoms with Gasteiger partial charge < -0.3 is 18.0 Å². The second-order valence-electron chi connectivity index (χ2n) is 15.2. The Balaban J connectivity index is 0.841. The van der Waals surface area contributed by atoms with Gasteiger partial charge in [0.05, 0.1) is 22.1 Å². The molecule has 13 rings (SSSR count). The second kappa shape index (κ2) is 11.8. The van der Waals surface area contributed by atoms with Gasteiger partial charge in [-0.2, -0.15) is 0 Å². The summed E-state index contributed by atoms with van der Waals surface area (Å²) in [6.45, 7) is 0. The van der Waals surface area contributed by atoms with Gasteiger partial charge in [0.25, 0.3) is 0 Å². The average Bonchev–Trinajstić information content (AvgIpc) is 4.04. The maximum Gasteiger partial charge on any atom is 0.136 e. The number of rotatable bonds is 4. The Hall–Kier alpha value is -7.82. The van der Waals surface area contributed by atoms with Crippen molar-refractivity contribution >= 4 is 87.5 Å². The summed E-state index contributed by atoms with van der Waals surface area (Å²) in [6, 6.07) is 69.4. The van der Waals surface area contributed by atoms with E-state index in [1.165, 1.54) is 76.6 Å². The summed E-state index contributed by atoms with van der Waals surface area (Å²) in [4.78, 5) is 0. The highest BCUT2D eigenvalue weighted by molar-refractivity contribution is 6.28. The molecule has 0 radical (unpaired) electrons. The van der Waals surface area contributed by atoms with Crippen molar-refractivity contribution in [2.75, 3.05) is 0 Å². The molecule has 0 amide bonds. The van der Waals surface area contributed by atoms with Gasteiger partial charge in [0.2, 0.25) is 0 Å². The van der Waals surface area contributed by atoms with Crippen LogP contribution in [0.4, 0.5) is 0 Å². The summed E-state index contributed by atoms with van der Waals surface area (Å²) >= 11 is 0. The molecule has 0 N–H and O–H groups in total. The van der Waals surface area contributed by atoms with Crippen LogP contribution >= 0.6 is 0 Å². The summed E-state index contributed by atoms with van der Waals surface area (Å²) in [5, 5.41) is 9.54. The third-order valence-corrected chi connectivity index (χ3v) is 12.2. The van der Waals surface area contributed by atoms with Crippen molar-refractivity contribution < 1.29 is 8.83 Å². The van der Waals surface area contributed by atoms with Crippen molar-refractivity contribution in [1.82, 2.24) is 9.13 Å². The van der Waals surface area contributed by atoms with E-state index in [9.17, 15) is 0 Å². The minimum absolute atomic E-state index is 0.916. The normalized spacial score (nSPS) is 12.1. The molecule has 0 saturated carbocycles. The van der Waals surface area contributed by atoms with Crippen LogP contribution in [0.2, 0.25) is 0 Å². The Morgan fingerprint density at radius 2 is 0.586 bits per heavy atom. The van der Waals surface area contributed by atoms with Crippen LogP contribution in [0.3, 0.4) is 0 Å². The summed E-state index contributed by atoms with van der Waals surface area (Å²) < 4.78 is 17.3. The molecule has 0 aliphatic rings. The quantitative estimate of drug-likeness (QED) is 0.180. The zero-order valence-electron chi connectivity index (χ0n) is 31.2. The molecule has 270 valence electrons. The molecule has 0 aliphatic heterocycles. The number of para-hydroxylation sites is 4. The molecule has 0 aliphatic carbocycles. The van der Waals surface area contributed by atoms with Crippen LogP contribution in [0.25, 0.3) is 121 Å². The SMILES string of the molecule is c1ccc2c(c1)oc1ccc3c(c4ccccc4n3-c3ccc(-c4ccc(-c5ccc(-n6c7ccccc7c7c8c(ccc76)oc6ccccc68)cc5)cc4)cc3)c12. The van der Waals surface area contributed by atoms with Gasteiger partial charge >= 0.3 is 0 Å². The third-order valence-electron chi connectivity index (χ3n) is 12.2. The van der Waals surface area contributed by atoms with Crippen molar-refractivity contribution in [2.45, 2.75) is 0 Å². The van der Waals surface area contributed by atoms with E-state index in [2.05, 4.69) is 191 Å². The van der Waals surface area contributed by atoms with Crippen molar-refractivity contribution in [3.8, 4) is 33.6 Å². The van der Waals surface area contributed by atoms with Crippen molar-refractivity contribution in [2.24, 2.45) is 0 Å². The van der Waals surface area contributed by atoms with Gasteiger partial charge in [0.1, 0.15) is 22.3 Å². The molecule has 0 fully saturated rings. The van der Waals surface area contributed by atoms with Gasteiger partial charge in [-0.15, -0.1) is 0 Å². The molecular weight excluding hydrogens is 709 g/mol. The van der Waals surface area contributed by atoms with Crippen molar-refractivity contribution in [3.63, 3.8) is 0 Å². The van der Waals surface area contributed by atoms with E-state index < -0.39 is 0 Å². The number of aromatic nitrogens is 2. The first kappa shape index (κ1) is 31.4. The van der Waals surface area contributed by atoms with Gasteiger partial charge in [-0.1, -0.05) is 121 Å². The second-order valence-corrected chi connectivity index (χ2v) is 15.2. The highest BCUT2D eigenvalue weighted by Gasteiger charge is 2.20. The molecule has 9 aromatic carbocycles. The molecule has 4 heteroatoms. The molecule has 58 heavy (non-hydrogen) atoms. The lowest BCUT2D eigenvalue weighted by molar-refractivity contribution is 0.669. The summed E-state index contributed by atoms with van der Waals surface area (Å²) in [7, 11) is 0. The van der Waals surface area contributed by atoms with Gasteiger partial charge in [-0.3, -0.25) is 0 Å². The van der Waals surface area contributed by atoms with Gasteiger partial charge in [-0.25, -0.2) is 0 Å². The number of fused-ring (bicyclic) bond motifs is 14. The Kier molecular flexibility index (Phi) is 6.41. The summed E-state index contributed by atoms with van der Waals surface area (Å²) in [5.41, 5.74) is 15.4. The molecule has 4 aromatic heterocycles. The standard InChI is InChI=1S/C54H32N2O2/c1-5-13-43-39(9-1)51-45(29-31-49-53(51)41-11-3-7-15-47(41)57-49)55(43)37-25-21-35(22-26-37)33-17-19-34(20-18-33)36-23-27-38(28-24-36)56-44-14-6-2-10-40(44)52-46(56)30-32-50-54(52)42-12-4-8-16-48(42)58-50/h1-32H.